The zero-order valence-corrected chi connectivity index (χ0v) is 15.6. The van der Waals surface area contributed by atoms with Gasteiger partial charge in [-0.1, -0.05) is 0 Å². The van der Waals surface area contributed by atoms with Crippen molar-refractivity contribution in [3.05, 3.63) is 24.3 Å². The fraction of sp³-hybridized carbons (Fsp3) is 0.562. The number of carbonyl (C=O) groups excluding carboxylic acids is 1. The number of halogens is 3. The van der Waals surface area contributed by atoms with E-state index < -0.39 is 22.1 Å². The van der Waals surface area contributed by atoms with Gasteiger partial charge in [-0.3, -0.25) is 4.79 Å². The van der Waals surface area contributed by atoms with E-state index in [4.69, 9.17) is 9.47 Å². The maximum absolute atomic E-state index is 12.5. The van der Waals surface area contributed by atoms with Crippen molar-refractivity contribution in [3.8, 4) is 5.75 Å². The monoisotopic (exact) mass is 426 g/mol. The predicted molar refractivity (Wildman–Crippen MR) is 91.1 cm³/mol. The molecule has 0 aromatic heterocycles. The molecule has 1 heterocycles. The Morgan fingerprint density at radius 2 is 1.89 bits per heavy atom. The Morgan fingerprint density at radius 1 is 1.21 bits per heavy atom. The molecule has 1 aliphatic heterocycles. The zero-order valence-electron chi connectivity index (χ0n) is 14.8. The number of carbonyl (C=O) groups is 1. The van der Waals surface area contributed by atoms with E-state index >= 15 is 0 Å². The molecule has 0 radical (unpaired) electrons. The molecule has 0 saturated carbocycles. The highest BCUT2D eigenvalue weighted by atomic mass is 32.2. The molecule has 0 spiro atoms. The number of hydrogen-bond acceptors (Lipinski definition) is 6. The smallest absolute Gasteiger partial charge is 0.471 e. The van der Waals surface area contributed by atoms with Gasteiger partial charge in [0, 0.05) is 19.6 Å². The molecule has 1 fully saturated rings. The quantitative estimate of drug-likeness (QED) is 0.568. The molecule has 1 atom stereocenters. The van der Waals surface area contributed by atoms with Crippen molar-refractivity contribution in [1.82, 2.24) is 9.62 Å². The summed E-state index contributed by atoms with van der Waals surface area (Å²) in [5.74, 6) is -2.05. The van der Waals surface area contributed by atoms with Gasteiger partial charge in [0.15, 0.2) is 0 Å². The maximum atomic E-state index is 12.5. The summed E-state index contributed by atoms with van der Waals surface area (Å²) in [6.45, 7) is 0.328. The minimum atomic E-state index is -4.92. The van der Waals surface area contributed by atoms with E-state index in [0.717, 1.165) is 0 Å². The highest BCUT2D eigenvalue weighted by Gasteiger charge is 2.38. The van der Waals surface area contributed by atoms with Crippen LogP contribution in [-0.2, 0) is 24.3 Å². The molecule has 1 amide bonds. The molecule has 0 aliphatic carbocycles. The number of benzene rings is 1. The minimum absolute atomic E-state index is 0.0282. The number of sulfonamides is 1. The third-order valence-electron chi connectivity index (χ3n) is 3.95. The van der Waals surface area contributed by atoms with Gasteiger partial charge in [0.2, 0.25) is 10.0 Å². The minimum Gasteiger partial charge on any atom is -0.508 e. The van der Waals surface area contributed by atoms with Crippen molar-refractivity contribution < 1.29 is 41.0 Å². The average molecular weight is 426 g/mol. The molecule has 1 aromatic rings. The predicted octanol–water partition coefficient (Wildman–Crippen LogP) is 0.867. The number of alkyl halides is 3. The molecule has 2 rings (SSSR count). The fourth-order valence-corrected chi connectivity index (χ4v) is 4.02. The summed E-state index contributed by atoms with van der Waals surface area (Å²) in [7, 11) is -3.67. The van der Waals surface area contributed by atoms with E-state index in [0.29, 0.717) is 6.42 Å². The SMILES string of the molecule is O=C(NCCOCCO[C@@H]1CCN(S(=O)(=O)c2ccc(O)cc2)C1)C(F)(F)F. The number of ether oxygens (including phenoxy) is 2. The lowest BCUT2D eigenvalue weighted by molar-refractivity contribution is -0.173. The molecular weight excluding hydrogens is 405 g/mol. The molecule has 1 aromatic carbocycles. The van der Waals surface area contributed by atoms with Crippen molar-refractivity contribution in [3.63, 3.8) is 0 Å². The van der Waals surface area contributed by atoms with E-state index in [9.17, 15) is 31.5 Å². The summed E-state index contributed by atoms with van der Waals surface area (Å²) in [5.41, 5.74) is 0. The number of aromatic hydroxyl groups is 1. The van der Waals surface area contributed by atoms with Crippen LogP contribution in [0.1, 0.15) is 6.42 Å². The largest absolute Gasteiger partial charge is 0.508 e. The van der Waals surface area contributed by atoms with Crippen LogP contribution in [-0.4, -0.2) is 75.5 Å². The Morgan fingerprint density at radius 3 is 2.54 bits per heavy atom. The number of amides is 1. The molecule has 0 unspecified atom stereocenters. The number of rotatable bonds is 9. The Hall–Kier alpha value is -1.89. The second-order valence-corrected chi connectivity index (χ2v) is 7.94. The van der Waals surface area contributed by atoms with Crippen LogP contribution >= 0.6 is 0 Å². The van der Waals surface area contributed by atoms with Crippen molar-refractivity contribution in [2.75, 3.05) is 39.5 Å². The molecule has 1 aliphatic rings. The van der Waals surface area contributed by atoms with Crippen molar-refractivity contribution in [2.24, 2.45) is 0 Å². The first-order valence-corrected chi connectivity index (χ1v) is 9.88. The van der Waals surface area contributed by atoms with Gasteiger partial charge in [-0.05, 0) is 30.7 Å². The lowest BCUT2D eigenvalue weighted by atomic mass is 10.3. The van der Waals surface area contributed by atoms with Gasteiger partial charge in [-0.15, -0.1) is 0 Å². The van der Waals surface area contributed by atoms with E-state index in [1.807, 2.05) is 0 Å². The van der Waals surface area contributed by atoms with Crippen LogP contribution in [0.2, 0.25) is 0 Å². The molecule has 8 nitrogen and oxygen atoms in total. The van der Waals surface area contributed by atoms with Gasteiger partial charge < -0.3 is 19.9 Å². The van der Waals surface area contributed by atoms with Crippen LogP contribution in [0, 0.1) is 0 Å². The highest BCUT2D eigenvalue weighted by molar-refractivity contribution is 7.89. The molecule has 12 heteroatoms. The lowest BCUT2D eigenvalue weighted by Crippen LogP contribution is -2.38. The van der Waals surface area contributed by atoms with Gasteiger partial charge in [0.05, 0.1) is 30.8 Å². The molecule has 158 valence electrons. The summed E-state index contributed by atoms with van der Waals surface area (Å²) in [6, 6.07) is 5.24. The fourth-order valence-electron chi connectivity index (χ4n) is 2.53. The van der Waals surface area contributed by atoms with Crippen LogP contribution in [0.5, 0.6) is 5.75 Å². The Labute approximate surface area is 160 Å². The number of nitrogens with one attached hydrogen (secondary N) is 1. The molecule has 0 bridgehead atoms. The van der Waals surface area contributed by atoms with E-state index in [1.165, 1.54) is 28.6 Å². The maximum Gasteiger partial charge on any atom is 0.471 e. The summed E-state index contributed by atoms with van der Waals surface area (Å²) in [6.07, 6.45) is -4.74. The molecule has 28 heavy (non-hydrogen) atoms. The van der Waals surface area contributed by atoms with E-state index in [-0.39, 0.29) is 56.2 Å². The van der Waals surface area contributed by atoms with Crippen LogP contribution in [0.25, 0.3) is 0 Å². The Balaban J connectivity index is 1.64. The third kappa shape index (κ3) is 6.33. The highest BCUT2D eigenvalue weighted by Crippen LogP contribution is 2.23. The van der Waals surface area contributed by atoms with E-state index in [2.05, 4.69) is 0 Å². The normalized spacial score (nSPS) is 18.3. The average Bonchev–Trinajstić information content (AvgIpc) is 3.10. The number of hydrogen-bond donors (Lipinski definition) is 2. The van der Waals surface area contributed by atoms with Crippen LogP contribution in [0.4, 0.5) is 13.2 Å². The summed E-state index contributed by atoms with van der Waals surface area (Å²) >= 11 is 0. The zero-order chi connectivity index (χ0) is 20.8. The van der Waals surface area contributed by atoms with Crippen LogP contribution in [0.3, 0.4) is 0 Å². The van der Waals surface area contributed by atoms with Crippen molar-refractivity contribution in [2.45, 2.75) is 23.6 Å². The van der Waals surface area contributed by atoms with Gasteiger partial charge in [0.1, 0.15) is 5.75 Å². The second-order valence-electron chi connectivity index (χ2n) is 6.00. The van der Waals surface area contributed by atoms with Crippen molar-refractivity contribution in [1.29, 1.82) is 0 Å². The topological polar surface area (TPSA) is 105 Å². The van der Waals surface area contributed by atoms with Gasteiger partial charge >= 0.3 is 12.1 Å². The summed E-state index contributed by atoms with van der Waals surface area (Å²) in [5, 5.41) is 10.9. The second kappa shape index (κ2) is 9.54. The number of nitrogens with zero attached hydrogens (tertiary/aromatic N) is 1. The first kappa shape index (κ1) is 22.4. The lowest BCUT2D eigenvalue weighted by Gasteiger charge is -2.17. The van der Waals surface area contributed by atoms with Gasteiger partial charge in [-0.2, -0.15) is 17.5 Å². The van der Waals surface area contributed by atoms with Crippen LogP contribution < -0.4 is 5.32 Å². The summed E-state index contributed by atoms with van der Waals surface area (Å²) in [4.78, 5) is 10.7. The molecular formula is C16H21F3N2O6S. The third-order valence-corrected chi connectivity index (χ3v) is 5.83. The number of phenols is 1. The Kier molecular flexibility index (Phi) is 7.63. The number of phenolic OH excluding ortho intramolecular Hbond substituents is 1. The molecule has 1 saturated heterocycles. The standard InChI is InChI=1S/C16H21F3N2O6S/c17-16(18,19)15(23)20-6-8-26-9-10-27-13-5-7-21(11-13)28(24,25)14-3-1-12(22)2-4-14/h1-4,13,22H,5-11H2,(H,20,23)/t13-/m1/s1. The van der Waals surface area contributed by atoms with Crippen LogP contribution in [0.15, 0.2) is 29.2 Å². The first-order chi connectivity index (χ1) is 13.1. The van der Waals surface area contributed by atoms with Crippen molar-refractivity contribution >= 4 is 15.9 Å². The Bertz CT molecular complexity index is 755. The van der Waals surface area contributed by atoms with E-state index in [1.54, 1.807) is 5.32 Å². The first-order valence-electron chi connectivity index (χ1n) is 8.44. The van der Waals surface area contributed by atoms with Gasteiger partial charge in [0.25, 0.3) is 0 Å². The van der Waals surface area contributed by atoms with Gasteiger partial charge in [-0.25, -0.2) is 8.42 Å². The summed E-state index contributed by atoms with van der Waals surface area (Å²) < 4.78 is 72.8. The molecule has 2 N–H and O–H groups in total.